The molecule has 0 atom stereocenters. The van der Waals surface area contributed by atoms with Gasteiger partial charge in [-0.25, -0.2) is 4.79 Å². The highest BCUT2D eigenvalue weighted by molar-refractivity contribution is 6.53. The first-order valence-corrected chi connectivity index (χ1v) is 3.58. The number of rotatable bonds is 2. The zero-order valence-electron chi connectivity index (χ0n) is 5.58. The molecule has 1 heterocycles. The molecule has 2 N–H and O–H groups in total. The van der Waals surface area contributed by atoms with Crippen molar-refractivity contribution in [3.63, 3.8) is 0 Å². The van der Waals surface area contributed by atoms with E-state index in [1.807, 2.05) is 0 Å². The zero-order valence-corrected chi connectivity index (χ0v) is 7.10. The Morgan fingerprint density at radius 3 is 2.58 bits per heavy atom. The second kappa shape index (κ2) is 3.55. The van der Waals surface area contributed by atoms with Gasteiger partial charge in [0.15, 0.2) is 5.69 Å². The van der Waals surface area contributed by atoms with Crippen molar-refractivity contribution in [2.45, 2.75) is 0 Å². The van der Waals surface area contributed by atoms with Gasteiger partial charge in [0.1, 0.15) is 5.69 Å². The molecule has 5 nitrogen and oxygen atoms in total. The number of carboxylic acids is 1. The quantitative estimate of drug-likeness (QED) is 0.766. The third-order valence-electron chi connectivity index (χ3n) is 1.07. The lowest BCUT2D eigenvalue weighted by molar-refractivity contribution is 0.0690. The van der Waals surface area contributed by atoms with E-state index < -0.39 is 5.97 Å². The number of halogens is 2. The first kappa shape index (κ1) is 9.02. The lowest BCUT2D eigenvalue weighted by Crippen LogP contribution is -1.99. The smallest absolute Gasteiger partial charge is 0.358 e. The van der Waals surface area contributed by atoms with E-state index in [1.165, 1.54) is 0 Å². The van der Waals surface area contributed by atoms with Gasteiger partial charge in [-0.05, 0) is 0 Å². The van der Waals surface area contributed by atoms with Gasteiger partial charge in [-0.3, -0.25) is 0 Å². The highest BCUT2D eigenvalue weighted by Gasteiger charge is 2.16. The number of carboxylic acid groups (broad SMARTS) is 1. The van der Waals surface area contributed by atoms with Crippen LogP contribution in [0, 0.1) is 0 Å². The lowest BCUT2D eigenvalue weighted by atomic mass is 10.3. The summed E-state index contributed by atoms with van der Waals surface area (Å²) in [5.41, 5.74) is 0.794. The number of aromatic amines is 1. The maximum atomic E-state index is 10.5. The van der Waals surface area contributed by atoms with Crippen LogP contribution in [-0.2, 0) is 0 Å². The van der Waals surface area contributed by atoms with Crippen molar-refractivity contribution in [2.24, 2.45) is 0 Å². The summed E-state index contributed by atoms with van der Waals surface area (Å²) in [6.45, 7) is 0. The summed E-state index contributed by atoms with van der Waals surface area (Å²) in [5.74, 6) is -1.21. The van der Waals surface area contributed by atoms with Crippen molar-refractivity contribution in [2.75, 3.05) is 0 Å². The minimum Gasteiger partial charge on any atom is -0.476 e. The molecule has 0 bridgehead atoms. The molecule has 1 rings (SSSR count). The minimum atomic E-state index is -1.21. The summed E-state index contributed by atoms with van der Waals surface area (Å²) in [5, 5.41) is 17.6. The normalized spacial score (nSPS) is 11.7. The molecule has 1 aromatic heterocycles. The molecule has 64 valence electrons. The molecule has 7 heteroatoms. The molecule has 0 saturated carbocycles. The Labute approximate surface area is 77.0 Å². The fourth-order valence-corrected chi connectivity index (χ4v) is 0.833. The van der Waals surface area contributed by atoms with Crippen LogP contribution in [-0.4, -0.2) is 26.5 Å². The van der Waals surface area contributed by atoms with Crippen molar-refractivity contribution in [3.05, 3.63) is 16.9 Å². The first-order valence-electron chi connectivity index (χ1n) is 2.77. The lowest BCUT2D eigenvalue weighted by Gasteiger charge is -1.90. The molecule has 0 spiro atoms. The molecule has 0 saturated heterocycles. The molecule has 0 amide bonds. The van der Waals surface area contributed by atoms with Crippen LogP contribution in [0.1, 0.15) is 16.2 Å². The molecule has 0 aliphatic rings. The Hall–Kier alpha value is -1.07. The number of carbonyl (C=O) groups is 1. The van der Waals surface area contributed by atoms with Gasteiger partial charge in [-0.1, -0.05) is 23.2 Å². The fraction of sp³-hybridized carbons (Fsp3) is 0. The number of aromatic nitrogens is 3. The molecule has 0 fully saturated rings. The summed E-state index contributed by atoms with van der Waals surface area (Å²) in [6.07, 6.45) is 0. The van der Waals surface area contributed by atoms with E-state index in [0.29, 0.717) is 0 Å². The average Bonchev–Trinajstić information content (AvgIpc) is 2.50. The third-order valence-corrected chi connectivity index (χ3v) is 1.69. The molecule has 0 aliphatic heterocycles. The van der Waals surface area contributed by atoms with Crippen molar-refractivity contribution in [1.82, 2.24) is 15.4 Å². The van der Waals surface area contributed by atoms with Gasteiger partial charge in [-0.15, -0.1) is 5.10 Å². The number of nitrogens with one attached hydrogen (secondary N) is 1. The van der Waals surface area contributed by atoms with Gasteiger partial charge < -0.3 is 5.11 Å². The van der Waals surface area contributed by atoms with Gasteiger partial charge in [0.25, 0.3) is 0 Å². The number of H-pyrrole nitrogens is 1. The molecular weight excluding hydrogens is 205 g/mol. The van der Waals surface area contributed by atoms with Crippen LogP contribution in [0.5, 0.6) is 0 Å². The second-order valence-corrected chi connectivity index (χ2v) is 2.41. The standard InChI is InChI=1S/C5H3Cl2N3O2/c6-1-2(7)3-4(5(11)12)9-10-8-3/h1H,(H,11,12)(H,8,9,10)/b2-1+. The number of hydrogen-bond acceptors (Lipinski definition) is 3. The molecule has 0 aliphatic carbocycles. The van der Waals surface area contributed by atoms with E-state index in [-0.39, 0.29) is 16.4 Å². The number of aromatic carboxylic acids is 1. The Morgan fingerprint density at radius 1 is 1.50 bits per heavy atom. The summed E-state index contributed by atoms with van der Waals surface area (Å²) in [6, 6.07) is 0. The molecule has 0 unspecified atom stereocenters. The van der Waals surface area contributed by atoms with E-state index in [1.54, 1.807) is 0 Å². The predicted molar refractivity (Wildman–Crippen MR) is 43.0 cm³/mol. The molecule has 1 aromatic rings. The molecule has 12 heavy (non-hydrogen) atoms. The molecule has 0 aromatic carbocycles. The highest BCUT2D eigenvalue weighted by atomic mass is 35.5. The van der Waals surface area contributed by atoms with E-state index in [2.05, 4.69) is 15.4 Å². The zero-order chi connectivity index (χ0) is 9.14. The average molecular weight is 208 g/mol. The third kappa shape index (κ3) is 1.57. The van der Waals surface area contributed by atoms with Crippen molar-refractivity contribution < 1.29 is 9.90 Å². The van der Waals surface area contributed by atoms with E-state index in [0.717, 1.165) is 5.54 Å². The van der Waals surface area contributed by atoms with Gasteiger partial charge >= 0.3 is 5.97 Å². The van der Waals surface area contributed by atoms with Crippen LogP contribution in [0.15, 0.2) is 5.54 Å². The van der Waals surface area contributed by atoms with E-state index in [4.69, 9.17) is 28.3 Å². The van der Waals surface area contributed by atoms with Crippen LogP contribution >= 0.6 is 23.2 Å². The van der Waals surface area contributed by atoms with Crippen LogP contribution in [0.3, 0.4) is 0 Å². The predicted octanol–water partition coefficient (Wildman–Crippen LogP) is 1.28. The van der Waals surface area contributed by atoms with Gasteiger partial charge in [-0.2, -0.15) is 10.3 Å². The first-order chi connectivity index (χ1) is 5.66. The van der Waals surface area contributed by atoms with Crippen molar-refractivity contribution in [3.8, 4) is 0 Å². The maximum absolute atomic E-state index is 10.5. The van der Waals surface area contributed by atoms with Crippen LogP contribution in [0.25, 0.3) is 5.03 Å². The van der Waals surface area contributed by atoms with Crippen LogP contribution in [0.2, 0.25) is 0 Å². The van der Waals surface area contributed by atoms with E-state index >= 15 is 0 Å². The van der Waals surface area contributed by atoms with Crippen molar-refractivity contribution in [1.29, 1.82) is 0 Å². The monoisotopic (exact) mass is 207 g/mol. The van der Waals surface area contributed by atoms with E-state index in [9.17, 15) is 4.79 Å². The van der Waals surface area contributed by atoms with Gasteiger partial charge in [0.2, 0.25) is 0 Å². The maximum Gasteiger partial charge on any atom is 0.358 e. The molecular formula is C5H3Cl2N3O2. The Bertz CT molecular complexity index is 333. The summed E-state index contributed by atoms with van der Waals surface area (Å²) >= 11 is 10.8. The second-order valence-electron chi connectivity index (χ2n) is 1.78. The Morgan fingerprint density at radius 2 is 2.08 bits per heavy atom. The van der Waals surface area contributed by atoms with Gasteiger partial charge in [0, 0.05) is 5.54 Å². The Balaban J connectivity index is 3.16. The van der Waals surface area contributed by atoms with Crippen LogP contribution in [0.4, 0.5) is 0 Å². The topological polar surface area (TPSA) is 78.9 Å². The minimum absolute atomic E-state index is 0.0270. The summed E-state index contributed by atoms with van der Waals surface area (Å²) in [7, 11) is 0. The largest absolute Gasteiger partial charge is 0.476 e. The molecule has 0 radical (unpaired) electrons. The van der Waals surface area contributed by atoms with Crippen LogP contribution < -0.4 is 0 Å². The summed E-state index contributed by atoms with van der Waals surface area (Å²) < 4.78 is 0. The Kier molecular flexibility index (Phi) is 2.67. The highest BCUT2D eigenvalue weighted by Crippen LogP contribution is 2.19. The van der Waals surface area contributed by atoms with Gasteiger partial charge in [0.05, 0.1) is 5.03 Å². The fourth-order valence-electron chi connectivity index (χ4n) is 0.598. The number of nitrogens with zero attached hydrogens (tertiary/aromatic N) is 2. The SMILES string of the molecule is O=C(O)c1n[nH]nc1/C(Cl)=C\Cl. The van der Waals surface area contributed by atoms with Crippen molar-refractivity contribution >= 4 is 34.2 Å². The number of hydrogen-bond donors (Lipinski definition) is 2. The summed E-state index contributed by atoms with van der Waals surface area (Å²) in [4.78, 5) is 10.5.